The van der Waals surface area contributed by atoms with Crippen molar-refractivity contribution in [3.63, 3.8) is 0 Å². The molecule has 1 unspecified atom stereocenters. The summed E-state index contributed by atoms with van der Waals surface area (Å²) in [6, 6.07) is 12.5. The lowest BCUT2D eigenvalue weighted by Gasteiger charge is -2.15. The fourth-order valence-electron chi connectivity index (χ4n) is 3.47. The van der Waals surface area contributed by atoms with Gasteiger partial charge in [-0.25, -0.2) is 4.39 Å². The van der Waals surface area contributed by atoms with Crippen molar-refractivity contribution in [2.45, 2.75) is 30.6 Å². The van der Waals surface area contributed by atoms with E-state index >= 15 is 0 Å². The molecule has 1 atom stereocenters. The Balaban J connectivity index is 1.38. The first-order valence-corrected chi connectivity index (χ1v) is 11.7. The maximum Gasteiger partial charge on any atom is 0.269 e. The number of hydrogen-bond donors (Lipinski definition) is 2. The fraction of sp³-hybridized carbons (Fsp3) is 0.304. The summed E-state index contributed by atoms with van der Waals surface area (Å²) in [7, 11) is 1.54. The van der Waals surface area contributed by atoms with Crippen LogP contribution in [0.1, 0.15) is 23.2 Å². The second-order valence-electron chi connectivity index (χ2n) is 7.58. The maximum absolute atomic E-state index is 13.4. The molecule has 0 aliphatic carbocycles. The van der Waals surface area contributed by atoms with Crippen LogP contribution in [0.15, 0.2) is 53.7 Å². The Morgan fingerprint density at radius 1 is 1.15 bits per heavy atom. The second kappa shape index (κ2) is 11.1. The van der Waals surface area contributed by atoms with E-state index in [1.807, 2.05) is 4.57 Å². The van der Waals surface area contributed by atoms with E-state index in [0.29, 0.717) is 35.4 Å². The highest BCUT2D eigenvalue weighted by molar-refractivity contribution is 7.99. The summed E-state index contributed by atoms with van der Waals surface area (Å²) in [6.07, 6.45) is 1.92. The molecule has 2 amide bonds. The van der Waals surface area contributed by atoms with Crippen LogP contribution >= 0.6 is 11.8 Å². The number of halogens is 1. The van der Waals surface area contributed by atoms with Crippen LogP contribution in [0.25, 0.3) is 11.4 Å². The van der Waals surface area contributed by atoms with E-state index in [4.69, 9.17) is 9.47 Å². The van der Waals surface area contributed by atoms with Gasteiger partial charge in [0.15, 0.2) is 11.0 Å². The van der Waals surface area contributed by atoms with E-state index in [-0.39, 0.29) is 17.7 Å². The number of aromatic nitrogens is 3. The molecule has 1 saturated heterocycles. The molecule has 0 bridgehead atoms. The van der Waals surface area contributed by atoms with Gasteiger partial charge in [-0.1, -0.05) is 11.8 Å². The quantitative estimate of drug-likeness (QED) is 0.373. The number of benzene rings is 2. The number of carbonyl (C=O) groups is 2. The highest BCUT2D eigenvalue weighted by Gasteiger charge is 2.22. The van der Waals surface area contributed by atoms with Crippen LogP contribution in [-0.2, 0) is 16.1 Å². The number of rotatable bonds is 8. The topological polar surface area (TPSA) is 107 Å². The summed E-state index contributed by atoms with van der Waals surface area (Å²) >= 11 is 1.19. The zero-order valence-electron chi connectivity index (χ0n) is 18.5. The average Bonchev–Trinajstić information content (AvgIpc) is 3.52. The molecule has 1 aliphatic rings. The molecule has 9 nitrogen and oxygen atoms in total. The zero-order chi connectivity index (χ0) is 23.9. The number of nitrogens with one attached hydrogen (secondary N) is 2. The number of hydrazine groups is 1. The third-order valence-corrected chi connectivity index (χ3v) is 6.20. The van der Waals surface area contributed by atoms with Crippen molar-refractivity contribution in [1.29, 1.82) is 0 Å². The van der Waals surface area contributed by atoms with Crippen LogP contribution in [0.5, 0.6) is 5.75 Å². The summed E-state index contributed by atoms with van der Waals surface area (Å²) in [6.45, 7) is 1.23. The molecule has 1 aromatic heterocycles. The van der Waals surface area contributed by atoms with E-state index in [2.05, 4.69) is 21.0 Å². The van der Waals surface area contributed by atoms with Crippen LogP contribution in [0.3, 0.4) is 0 Å². The number of nitrogens with zero attached hydrogens (tertiary/aromatic N) is 3. The molecule has 2 aromatic carbocycles. The third kappa shape index (κ3) is 5.91. The van der Waals surface area contributed by atoms with Crippen molar-refractivity contribution in [1.82, 2.24) is 25.6 Å². The minimum absolute atomic E-state index is 0.00989. The lowest BCUT2D eigenvalue weighted by atomic mass is 10.2. The van der Waals surface area contributed by atoms with Gasteiger partial charge in [-0.05, 0) is 61.4 Å². The van der Waals surface area contributed by atoms with Gasteiger partial charge in [0.05, 0.1) is 25.5 Å². The fourth-order valence-corrected chi connectivity index (χ4v) is 4.22. The van der Waals surface area contributed by atoms with Crippen LogP contribution in [0.4, 0.5) is 4.39 Å². The SMILES string of the molecule is COc1ccc(C(=O)NNC(=O)CSc2nnc(-c3ccc(F)cc3)n2CC2CCCO2)cc1. The molecule has 2 N–H and O–H groups in total. The highest BCUT2D eigenvalue weighted by Crippen LogP contribution is 2.26. The van der Waals surface area contributed by atoms with Gasteiger partial charge in [-0.3, -0.25) is 25.0 Å². The molecular formula is C23H24FN5O4S. The van der Waals surface area contributed by atoms with Gasteiger partial charge in [-0.2, -0.15) is 0 Å². The Labute approximate surface area is 200 Å². The third-order valence-electron chi connectivity index (χ3n) is 5.23. The average molecular weight is 486 g/mol. The first-order chi connectivity index (χ1) is 16.5. The minimum atomic E-state index is -0.443. The molecule has 178 valence electrons. The molecule has 0 spiro atoms. The summed E-state index contributed by atoms with van der Waals surface area (Å²) in [5.74, 6) is 0.0333. The lowest BCUT2D eigenvalue weighted by molar-refractivity contribution is -0.119. The Morgan fingerprint density at radius 3 is 2.59 bits per heavy atom. The normalized spacial score (nSPS) is 15.2. The van der Waals surface area contributed by atoms with Crippen LogP contribution in [0.2, 0.25) is 0 Å². The van der Waals surface area contributed by atoms with Crippen molar-refractivity contribution >= 4 is 23.6 Å². The Kier molecular flexibility index (Phi) is 7.76. The standard InChI is InChI=1S/C23H24FN5O4S/c1-32-18-10-6-16(7-11-18)22(31)27-25-20(30)14-34-23-28-26-21(15-4-8-17(24)9-5-15)29(23)13-19-3-2-12-33-19/h4-11,19H,2-3,12-14H2,1H3,(H,25,30)(H,27,31). The number of methoxy groups -OCH3 is 1. The Hall–Kier alpha value is -3.44. The molecule has 3 aromatic rings. The second-order valence-corrected chi connectivity index (χ2v) is 8.52. The van der Waals surface area contributed by atoms with E-state index < -0.39 is 11.8 Å². The van der Waals surface area contributed by atoms with Gasteiger partial charge in [-0.15, -0.1) is 10.2 Å². The van der Waals surface area contributed by atoms with Gasteiger partial charge in [0.1, 0.15) is 11.6 Å². The number of hydrogen-bond acceptors (Lipinski definition) is 7. The van der Waals surface area contributed by atoms with Crippen molar-refractivity contribution in [3.8, 4) is 17.1 Å². The molecule has 0 radical (unpaired) electrons. The number of amides is 2. The first-order valence-electron chi connectivity index (χ1n) is 10.7. The maximum atomic E-state index is 13.4. The lowest BCUT2D eigenvalue weighted by Crippen LogP contribution is -2.42. The van der Waals surface area contributed by atoms with Gasteiger partial charge in [0.25, 0.3) is 5.91 Å². The number of ether oxygens (including phenoxy) is 2. The molecule has 1 fully saturated rings. The summed E-state index contributed by atoms with van der Waals surface area (Å²) in [4.78, 5) is 24.5. The molecule has 1 aliphatic heterocycles. The van der Waals surface area contributed by atoms with E-state index in [1.54, 1.807) is 36.4 Å². The molecule has 34 heavy (non-hydrogen) atoms. The Bertz CT molecular complexity index is 1130. The monoisotopic (exact) mass is 485 g/mol. The summed E-state index contributed by atoms with van der Waals surface area (Å²) in [5, 5.41) is 9.04. The van der Waals surface area contributed by atoms with Crippen LogP contribution in [0, 0.1) is 5.82 Å². The predicted octanol–water partition coefficient (Wildman–Crippen LogP) is 2.83. The zero-order valence-corrected chi connectivity index (χ0v) is 19.3. The highest BCUT2D eigenvalue weighted by atomic mass is 32.2. The van der Waals surface area contributed by atoms with E-state index in [0.717, 1.165) is 18.4 Å². The summed E-state index contributed by atoms with van der Waals surface area (Å²) < 4.78 is 26.1. The van der Waals surface area contributed by atoms with Gasteiger partial charge < -0.3 is 9.47 Å². The summed E-state index contributed by atoms with van der Waals surface area (Å²) in [5.41, 5.74) is 5.89. The minimum Gasteiger partial charge on any atom is -0.497 e. The Morgan fingerprint density at radius 2 is 1.91 bits per heavy atom. The largest absolute Gasteiger partial charge is 0.497 e. The predicted molar refractivity (Wildman–Crippen MR) is 124 cm³/mol. The van der Waals surface area contributed by atoms with Crippen molar-refractivity contribution < 1.29 is 23.5 Å². The van der Waals surface area contributed by atoms with Gasteiger partial charge in [0.2, 0.25) is 5.91 Å². The van der Waals surface area contributed by atoms with Crippen molar-refractivity contribution in [2.75, 3.05) is 19.5 Å². The first kappa shape index (κ1) is 23.7. The number of carbonyl (C=O) groups excluding carboxylic acids is 2. The van der Waals surface area contributed by atoms with Gasteiger partial charge >= 0.3 is 0 Å². The van der Waals surface area contributed by atoms with E-state index in [1.165, 1.54) is 31.0 Å². The molecular weight excluding hydrogens is 461 g/mol. The van der Waals surface area contributed by atoms with E-state index in [9.17, 15) is 14.0 Å². The van der Waals surface area contributed by atoms with Crippen LogP contribution < -0.4 is 15.6 Å². The molecule has 4 rings (SSSR count). The number of thioether (sulfide) groups is 1. The molecule has 2 heterocycles. The molecule has 0 saturated carbocycles. The van der Waals surface area contributed by atoms with Crippen LogP contribution in [-0.4, -0.2) is 52.2 Å². The molecule has 11 heteroatoms. The van der Waals surface area contributed by atoms with Crippen molar-refractivity contribution in [3.05, 3.63) is 59.9 Å². The van der Waals surface area contributed by atoms with Crippen molar-refractivity contribution in [2.24, 2.45) is 0 Å². The smallest absolute Gasteiger partial charge is 0.269 e. The van der Waals surface area contributed by atoms with Gasteiger partial charge in [0, 0.05) is 17.7 Å².